The number of hydrogen-bond donors (Lipinski definition) is 1. The first-order valence-electron chi connectivity index (χ1n) is 10.6. The fraction of sp³-hybridized carbons (Fsp3) is 0.208. The van der Waals surface area contributed by atoms with Crippen LogP contribution in [0.15, 0.2) is 59.9 Å². The van der Waals surface area contributed by atoms with E-state index in [0.717, 1.165) is 30.7 Å². The van der Waals surface area contributed by atoms with E-state index in [-0.39, 0.29) is 22.6 Å². The molecule has 186 valence electrons. The third-order valence-electron chi connectivity index (χ3n) is 5.33. The highest BCUT2D eigenvalue weighted by Gasteiger charge is 2.28. The minimum absolute atomic E-state index is 0.258. The van der Waals surface area contributed by atoms with Gasteiger partial charge in [-0.05, 0) is 43.3 Å². The van der Waals surface area contributed by atoms with Gasteiger partial charge in [0.1, 0.15) is 17.0 Å². The van der Waals surface area contributed by atoms with Gasteiger partial charge in [-0.15, -0.1) is 0 Å². The SMILES string of the molecule is C[C@H](NC(=O)c1cc(C(C)(F)F)cc(S(C)(=O)=O)c1)c1nc2ccncc2nc1-c1ccc(F)cn1. The molecule has 1 atom stereocenters. The van der Waals surface area contributed by atoms with Crippen molar-refractivity contribution in [3.8, 4) is 11.4 Å². The number of nitrogens with zero attached hydrogens (tertiary/aromatic N) is 4. The van der Waals surface area contributed by atoms with Gasteiger partial charge in [0.2, 0.25) is 0 Å². The molecule has 3 heterocycles. The van der Waals surface area contributed by atoms with Crippen LogP contribution in [-0.4, -0.2) is 40.5 Å². The number of benzene rings is 1. The monoisotopic (exact) mass is 515 g/mol. The first-order valence-corrected chi connectivity index (χ1v) is 12.5. The van der Waals surface area contributed by atoms with E-state index in [1.807, 2.05) is 0 Å². The largest absolute Gasteiger partial charge is 0.344 e. The first kappa shape index (κ1) is 25.2. The van der Waals surface area contributed by atoms with Gasteiger partial charge in [-0.1, -0.05) is 0 Å². The van der Waals surface area contributed by atoms with Crippen LogP contribution >= 0.6 is 0 Å². The van der Waals surface area contributed by atoms with Gasteiger partial charge in [0.25, 0.3) is 11.8 Å². The van der Waals surface area contributed by atoms with E-state index >= 15 is 0 Å². The Morgan fingerprint density at radius 1 is 1.06 bits per heavy atom. The summed E-state index contributed by atoms with van der Waals surface area (Å²) in [5.74, 6) is -4.72. The number of fused-ring (bicyclic) bond motifs is 1. The maximum atomic E-state index is 14.0. The van der Waals surface area contributed by atoms with Crippen LogP contribution in [0.3, 0.4) is 0 Å². The number of carbonyl (C=O) groups is 1. The Morgan fingerprint density at radius 3 is 2.44 bits per heavy atom. The first-order chi connectivity index (χ1) is 16.8. The van der Waals surface area contributed by atoms with Crippen molar-refractivity contribution in [2.24, 2.45) is 0 Å². The molecule has 0 aliphatic carbocycles. The van der Waals surface area contributed by atoms with Crippen LogP contribution < -0.4 is 5.32 Å². The maximum absolute atomic E-state index is 14.0. The Bertz CT molecular complexity index is 1570. The van der Waals surface area contributed by atoms with E-state index in [1.54, 1.807) is 13.0 Å². The lowest BCUT2D eigenvalue weighted by atomic mass is 10.0. The minimum Gasteiger partial charge on any atom is -0.344 e. The molecule has 4 aromatic rings. The Labute approximate surface area is 204 Å². The average molecular weight is 516 g/mol. The van der Waals surface area contributed by atoms with E-state index in [4.69, 9.17) is 0 Å². The molecule has 0 fully saturated rings. The summed E-state index contributed by atoms with van der Waals surface area (Å²) in [4.78, 5) is 29.8. The summed E-state index contributed by atoms with van der Waals surface area (Å²) in [6.45, 7) is 2.21. The number of amides is 1. The molecule has 0 spiro atoms. The minimum atomic E-state index is -3.87. The lowest BCUT2D eigenvalue weighted by Crippen LogP contribution is -2.28. The Kier molecular flexibility index (Phi) is 6.48. The van der Waals surface area contributed by atoms with Crippen LogP contribution in [0.5, 0.6) is 0 Å². The molecular formula is C24H20F3N5O3S. The Morgan fingerprint density at radius 2 is 1.81 bits per heavy atom. The van der Waals surface area contributed by atoms with Crippen molar-refractivity contribution < 1.29 is 26.4 Å². The molecule has 0 aliphatic rings. The highest BCUT2D eigenvalue weighted by atomic mass is 32.2. The predicted molar refractivity (Wildman–Crippen MR) is 126 cm³/mol. The Hall–Kier alpha value is -3.93. The molecule has 1 amide bonds. The molecule has 0 radical (unpaired) electrons. The fourth-order valence-electron chi connectivity index (χ4n) is 3.47. The number of alkyl halides is 2. The molecule has 0 unspecified atom stereocenters. The molecule has 1 aromatic carbocycles. The summed E-state index contributed by atoms with van der Waals surface area (Å²) in [7, 11) is -3.87. The Balaban J connectivity index is 1.76. The third kappa shape index (κ3) is 5.33. The predicted octanol–water partition coefficient (Wildman–Crippen LogP) is 4.23. The van der Waals surface area contributed by atoms with Crippen molar-refractivity contribution in [1.82, 2.24) is 25.3 Å². The van der Waals surface area contributed by atoms with Crippen LogP contribution in [0.4, 0.5) is 13.2 Å². The summed E-state index contributed by atoms with van der Waals surface area (Å²) in [6, 6.07) is 6.23. The summed E-state index contributed by atoms with van der Waals surface area (Å²) in [6.07, 6.45) is 4.89. The molecule has 12 heteroatoms. The fourth-order valence-corrected chi connectivity index (χ4v) is 4.15. The topological polar surface area (TPSA) is 115 Å². The normalized spacial score (nSPS) is 12.9. The van der Waals surface area contributed by atoms with Gasteiger partial charge in [-0.3, -0.25) is 14.8 Å². The van der Waals surface area contributed by atoms with E-state index in [1.165, 1.54) is 24.5 Å². The van der Waals surface area contributed by atoms with Crippen LogP contribution in [-0.2, 0) is 15.8 Å². The van der Waals surface area contributed by atoms with Gasteiger partial charge < -0.3 is 5.32 Å². The number of carbonyl (C=O) groups excluding carboxylic acids is 1. The zero-order chi connectivity index (χ0) is 26.3. The molecule has 0 saturated carbocycles. The lowest BCUT2D eigenvalue weighted by Gasteiger charge is -2.18. The quantitative estimate of drug-likeness (QED) is 0.409. The number of sulfone groups is 1. The van der Waals surface area contributed by atoms with Gasteiger partial charge in [0.05, 0.1) is 40.2 Å². The highest BCUT2D eigenvalue weighted by molar-refractivity contribution is 7.90. The van der Waals surface area contributed by atoms with Crippen molar-refractivity contribution in [2.45, 2.75) is 30.7 Å². The second kappa shape index (κ2) is 9.26. The van der Waals surface area contributed by atoms with Gasteiger partial charge >= 0.3 is 0 Å². The highest BCUT2D eigenvalue weighted by Crippen LogP contribution is 2.31. The molecule has 4 rings (SSSR count). The summed E-state index contributed by atoms with van der Waals surface area (Å²) in [5.41, 5.74) is 0.863. The smallest absolute Gasteiger partial charge is 0.270 e. The molecule has 0 saturated heterocycles. The standard InChI is InChI=1S/C24H20F3N5O3S/c1-13(30-23(33)14-8-15(24(2,26)27)10-17(9-14)36(3,34)35)21-22(19-5-4-16(25)11-29-19)32-20-12-28-7-6-18(20)31-21/h4-13H,1-3H3,(H,30,33)/t13-/m0/s1. The summed E-state index contributed by atoms with van der Waals surface area (Å²) >= 11 is 0. The molecule has 8 nitrogen and oxygen atoms in total. The van der Waals surface area contributed by atoms with Crippen molar-refractivity contribution in [3.05, 3.63) is 77.6 Å². The van der Waals surface area contributed by atoms with Gasteiger partial charge in [-0.2, -0.15) is 0 Å². The van der Waals surface area contributed by atoms with E-state index in [9.17, 15) is 26.4 Å². The molecule has 36 heavy (non-hydrogen) atoms. The number of pyridine rings is 2. The zero-order valence-corrected chi connectivity index (χ0v) is 20.1. The zero-order valence-electron chi connectivity index (χ0n) is 19.3. The number of rotatable bonds is 6. The third-order valence-corrected chi connectivity index (χ3v) is 6.42. The van der Waals surface area contributed by atoms with Crippen molar-refractivity contribution in [3.63, 3.8) is 0 Å². The van der Waals surface area contributed by atoms with Crippen molar-refractivity contribution in [1.29, 1.82) is 0 Å². The van der Waals surface area contributed by atoms with Crippen molar-refractivity contribution in [2.75, 3.05) is 6.26 Å². The van der Waals surface area contributed by atoms with E-state index < -0.39 is 44.0 Å². The maximum Gasteiger partial charge on any atom is 0.270 e. The van der Waals surface area contributed by atoms with Gasteiger partial charge in [0, 0.05) is 30.5 Å². The number of nitrogens with one attached hydrogen (secondary N) is 1. The van der Waals surface area contributed by atoms with Crippen LogP contribution in [0.2, 0.25) is 0 Å². The second-order valence-electron chi connectivity index (χ2n) is 8.29. The number of hydrogen-bond acceptors (Lipinski definition) is 7. The van der Waals surface area contributed by atoms with E-state index in [0.29, 0.717) is 18.0 Å². The van der Waals surface area contributed by atoms with Gasteiger partial charge in [0.15, 0.2) is 9.84 Å². The molecular weight excluding hydrogens is 495 g/mol. The van der Waals surface area contributed by atoms with E-state index in [2.05, 4.69) is 25.3 Å². The average Bonchev–Trinajstić information content (AvgIpc) is 2.82. The molecule has 0 bridgehead atoms. The molecule has 3 aromatic heterocycles. The van der Waals surface area contributed by atoms with Crippen LogP contribution in [0, 0.1) is 5.82 Å². The second-order valence-corrected chi connectivity index (χ2v) is 10.3. The van der Waals surface area contributed by atoms with Crippen LogP contribution in [0.25, 0.3) is 22.4 Å². The number of halogens is 3. The lowest BCUT2D eigenvalue weighted by molar-refractivity contribution is 0.0172. The number of aromatic nitrogens is 4. The molecule has 0 aliphatic heterocycles. The molecule has 1 N–H and O–H groups in total. The summed E-state index contributed by atoms with van der Waals surface area (Å²) < 4.78 is 65.6. The van der Waals surface area contributed by atoms with Gasteiger partial charge in [-0.25, -0.2) is 31.6 Å². The summed E-state index contributed by atoms with van der Waals surface area (Å²) in [5, 5.41) is 2.66. The van der Waals surface area contributed by atoms with Crippen LogP contribution in [0.1, 0.15) is 41.5 Å². The van der Waals surface area contributed by atoms with Crippen molar-refractivity contribution >= 4 is 26.8 Å².